The fourth-order valence-electron chi connectivity index (χ4n) is 1.55. The molecule has 0 aromatic heterocycles. The van der Waals surface area contributed by atoms with Gasteiger partial charge in [-0.15, -0.1) is 6.58 Å². The van der Waals surface area contributed by atoms with Gasteiger partial charge in [0.2, 0.25) is 0 Å². The number of likely N-dealkylation sites (N-methyl/N-ethyl adjacent to an activating group) is 1. The van der Waals surface area contributed by atoms with Crippen LogP contribution in [0.4, 0.5) is 0 Å². The molecule has 4 nitrogen and oxygen atoms in total. The Bertz CT molecular complexity index is 443. The minimum Gasteiger partial charge on any atom is -0.493 e. The average molecular weight is 263 g/mol. The molecule has 1 aromatic carbocycles. The van der Waals surface area contributed by atoms with E-state index >= 15 is 0 Å². The molecule has 0 aliphatic rings. The third-order valence-corrected chi connectivity index (χ3v) is 2.86. The Morgan fingerprint density at radius 1 is 1.42 bits per heavy atom. The monoisotopic (exact) mass is 263 g/mol. The molecule has 0 aliphatic heterocycles. The highest BCUT2D eigenvalue weighted by Crippen LogP contribution is 2.28. The molecule has 1 rings (SSSR count). The lowest BCUT2D eigenvalue weighted by Crippen LogP contribution is -2.31. The molecule has 0 aliphatic carbocycles. The maximum Gasteiger partial charge on any atom is 0.260 e. The summed E-state index contributed by atoms with van der Waals surface area (Å²) in [6.45, 7) is 6.30. The van der Waals surface area contributed by atoms with Gasteiger partial charge in [0.1, 0.15) is 0 Å². The van der Waals surface area contributed by atoms with Crippen molar-refractivity contribution in [3.8, 4) is 11.5 Å². The molecule has 0 atom stereocenters. The highest BCUT2D eigenvalue weighted by atomic mass is 16.5. The minimum absolute atomic E-state index is 0.0154. The van der Waals surface area contributed by atoms with Gasteiger partial charge in [0, 0.05) is 13.6 Å². The lowest BCUT2D eigenvalue weighted by molar-refractivity contribution is -0.131. The molecule has 0 saturated carbocycles. The molecule has 0 N–H and O–H groups in total. The van der Waals surface area contributed by atoms with Crippen molar-refractivity contribution in [3.05, 3.63) is 36.4 Å². The Hall–Kier alpha value is -1.97. The molecule has 0 fully saturated rings. The van der Waals surface area contributed by atoms with E-state index in [4.69, 9.17) is 9.47 Å². The smallest absolute Gasteiger partial charge is 0.260 e. The highest BCUT2D eigenvalue weighted by molar-refractivity contribution is 5.77. The van der Waals surface area contributed by atoms with E-state index in [0.717, 1.165) is 12.0 Å². The minimum atomic E-state index is -0.0558. The van der Waals surface area contributed by atoms with E-state index in [1.807, 2.05) is 31.2 Å². The van der Waals surface area contributed by atoms with E-state index in [9.17, 15) is 4.79 Å². The first-order chi connectivity index (χ1) is 9.12. The zero-order valence-corrected chi connectivity index (χ0v) is 11.8. The zero-order valence-electron chi connectivity index (χ0n) is 11.8. The standard InChI is InChI=1S/C15H21NO3/c1-5-7-12-8-9-13(14(10-12)18-4)19-11-15(17)16(3)6-2/h5,8-10H,1,6-7,11H2,2-4H3. The van der Waals surface area contributed by atoms with Gasteiger partial charge < -0.3 is 14.4 Å². The summed E-state index contributed by atoms with van der Waals surface area (Å²) >= 11 is 0. The summed E-state index contributed by atoms with van der Waals surface area (Å²) in [6.07, 6.45) is 2.60. The van der Waals surface area contributed by atoms with Crippen LogP contribution in [-0.2, 0) is 11.2 Å². The van der Waals surface area contributed by atoms with Crippen LogP contribution >= 0.6 is 0 Å². The summed E-state index contributed by atoms with van der Waals surface area (Å²) in [6, 6.07) is 5.65. The molecule has 0 radical (unpaired) electrons. The van der Waals surface area contributed by atoms with Gasteiger partial charge in [-0.25, -0.2) is 0 Å². The zero-order chi connectivity index (χ0) is 14.3. The molecular formula is C15H21NO3. The van der Waals surface area contributed by atoms with Crippen molar-refractivity contribution < 1.29 is 14.3 Å². The van der Waals surface area contributed by atoms with Crippen LogP contribution in [0.15, 0.2) is 30.9 Å². The van der Waals surface area contributed by atoms with Crippen LogP contribution in [0.1, 0.15) is 12.5 Å². The van der Waals surface area contributed by atoms with E-state index in [2.05, 4.69) is 6.58 Å². The van der Waals surface area contributed by atoms with Gasteiger partial charge in [0.05, 0.1) is 7.11 Å². The number of nitrogens with zero attached hydrogens (tertiary/aromatic N) is 1. The number of hydrogen-bond acceptors (Lipinski definition) is 3. The molecule has 0 saturated heterocycles. The summed E-state index contributed by atoms with van der Waals surface area (Å²) in [5.74, 6) is 1.15. The van der Waals surface area contributed by atoms with Crippen LogP contribution in [0, 0.1) is 0 Å². The van der Waals surface area contributed by atoms with Crippen molar-refractivity contribution in [2.45, 2.75) is 13.3 Å². The first-order valence-electron chi connectivity index (χ1n) is 6.27. The molecular weight excluding hydrogens is 242 g/mol. The van der Waals surface area contributed by atoms with Gasteiger partial charge in [-0.2, -0.15) is 0 Å². The fourth-order valence-corrected chi connectivity index (χ4v) is 1.55. The molecule has 1 aromatic rings. The van der Waals surface area contributed by atoms with Crippen molar-refractivity contribution in [1.82, 2.24) is 4.90 Å². The lowest BCUT2D eigenvalue weighted by atomic mass is 10.1. The van der Waals surface area contributed by atoms with Crippen LogP contribution in [-0.4, -0.2) is 38.1 Å². The predicted molar refractivity (Wildman–Crippen MR) is 75.7 cm³/mol. The van der Waals surface area contributed by atoms with Crippen molar-refractivity contribution in [1.29, 1.82) is 0 Å². The quantitative estimate of drug-likeness (QED) is 0.708. The van der Waals surface area contributed by atoms with E-state index in [0.29, 0.717) is 18.0 Å². The van der Waals surface area contributed by atoms with Gasteiger partial charge in [-0.3, -0.25) is 4.79 Å². The second-order valence-corrected chi connectivity index (χ2v) is 4.17. The maximum atomic E-state index is 11.7. The number of carbonyl (C=O) groups is 1. The third kappa shape index (κ3) is 4.32. The van der Waals surface area contributed by atoms with Gasteiger partial charge in [0.15, 0.2) is 18.1 Å². The van der Waals surface area contributed by atoms with Crippen molar-refractivity contribution >= 4 is 5.91 Å². The molecule has 0 unspecified atom stereocenters. The van der Waals surface area contributed by atoms with Gasteiger partial charge in [-0.1, -0.05) is 12.1 Å². The Labute approximate surface area is 114 Å². The highest BCUT2D eigenvalue weighted by Gasteiger charge is 2.10. The van der Waals surface area contributed by atoms with Crippen LogP contribution in [0.3, 0.4) is 0 Å². The molecule has 0 heterocycles. The fraction of sp³-hybridized carbons (Fsp3) is 0.400. The number of hydrogen-bond donors (Lipinski definition) is 0. The number of ether oxygens (including phenoxy) is 2. The second kappa shape index (κ2) is 7.46. The topological polar surface area (TPSA) is 38.8 Å². The predicted octanol–water partition coefficient (Wildman–Crippen LogP) is 2.28. The first-order valence-corrected chi connectivity index (χ1v) is 6.27. The number of carbonyl (C=O) groups excluding carboxylic acids is 1. The van der Waals surface area contributed by atoms with Gasteiger partial charge >= 0.3 is 0 Å². The Balaban J connectivity index is 2.72. The molecule has 4 heteroatoms. The van der Waals surface area contributed by atoms with Crippen LogP contribution in [0.2, 0.25) is 0 Å². The number of rotatable bonds is 7. The number of methoxy groups -OCH3 is 1. The van der Waals surface area contributed by atoms with E-state index in [-0.39, 0.29) is 12.5 Å². The molecule has 1 amide bonds. The molecule has 0 bridgehead atoms. The lowest BCUT2D eigenvalue weighted by Gasteiger charge is -2.16. The summed E-state index contributed by atoms with van der Waals surface area (Å²) in [5, 5.41) is 0. The summed E-state index contributed by atoms with van der Waals surface area (Å²) < 4.78 is 10.8. The van der Waals surface area contributed by atoms with Crippen molar-refractivity contribution in [2.75, 3.05) is 27.3 Å². The Morgan fingerprint density at radius 3 is 2.74 bits per heavy atom. The van der Waals surface area contributed by atoms with E-state index in [1.54, 1.807) is 19.1 Å². The second-order valence-electron chi connectivity index (χ2n) is 4.17. The first kappa shape index (κ1) is 15.1. The molecule has 0 spiro atoms. The molecule has 19 heavy (non-hydrogen) atoms. The van der Waals surface area contributed by atoms with Crippen molar-refractivity contribution in [3.63, 3.8) is 0 Å². The van der Waals surface area contributed by atoms with E-state index < -0.39 is 0 Å². The Morgan fingerprint density at radius 2 is 2.16 bits per heavy atom. The average Bonchev–Trinajstić information content (AvgIpc) is 2.44. The largest absolute Gasteiger partial charge is 0.493 e. The normalized spacial score (nSPS) is 9.84. The SMILES string of the molecule is C=CCc1ccc(OCC(=O)N(C)CC)c(OC)c1. The van der Waals surface area contributed by atoms with Crippen LogP contribution in [0.5, 0.6) is 11.5 Å². The van der Waals surface area contributed by atoms with Crippen molar-refractivity contribution in [2.24, 2.45) is 0 Å². The maximum absolute atomic E-state index is 11.7. The summed E-state index contributed by atoms with van der Waals surface area (Å²) in [5.41, 5.74) is 1.09. The van der Waals surface area contributed by atoms with Crippen LogP contribution < -0.4 is 9.47 Å². The summed E-state index contributed by atoms with van der Waals surface area (Å²) in [4.78, 5) is 13.3. The van der Waals surface area contributed by atoms with Crippen LogP contribution in [0.25, 0.3) is 0 Å². The van der Waals surface area contributed by atoms with Gasteiger partial charge in [0.25, 0.3) is 5.91 Å². The molecule has 104 valence electrons. The number of benzene rings is 1. The third-order valence-electron chi connectivity index (χ3n) is 2.86. The van der Waals surface area contributed by atoms with E-state index in [1.165, 1.54) is 0 Å². The Kier molecular flexibility index (Phi) is 5.93. The number of amides is 1. The summed E-state index contributed by atoms with van der Waals surface area (Å²) in [7, 11) is 3.33. The van der Waals surface area contributed by atoms with Gasteiger partial charge in [-0.05, 0) is 31.0 Å². The number of allylic oxidation sites excluding steroid dienone is 1.